The van der Waals surface area contributed by atoms with Crippen molar-refractivity contribution in [2.24, 2.45) is 15.0 Å². The van der Waals surface area contributed by atoms with Gasteiger partial charge in [0.15, 0.2) is 0 Å². The van der Waals surface area contributed by atoms with Gasteiger partial charge in [0.25, 0.3) is 0 Å². The molecule has 1 aliphatic rings. The van der Waals surface area contributed by atoms with E-state index in [1.165, 1.54) is 0 Å². The molecule has 0 spiro atoms. The number of allylic oxidation sites excluding steroid dienone is 3. The van der Waals surface area contributed by atoms with Crippen LogP contribution in [0.4, 0.5) is 0 Å². The lowest BCUT2D eigenvalue weighted by molar-refractivity contribution is 1.28. The summed E-state index contributed by atoms with van der Waals surface area (Å²) < 4.78 is 0. The average molecular weight is 189 g/mol. The Kier molecular flexibility index (Phi) is 3.51. The van der Waals surface area contributed by atoms with Crippen LogP contribution in [-0.2, 0) is 0 Å². The van der Waals surface area contributed by atoms with Gasteiger partial charge in [-0.3, -0.25) is 15.0 Å². The Balaban J connectivity index is 3.16. The molecule has 0 amide bonds. The highest BCUT2D eigenvalue weighted by Gasteiger charge is 2.12. The van der Waals surface area contributed by atoms with Gasteiger partial charge in [-0.25, -0.2) is 0 Å². The first kappa shape index (κ1) is 10.6. The highest BCUT2D eigenvalue weighted by atomic mass is 14.8. The molecule has 0 heterocycles. The Hall–Kier alpha value is -1.51. The molecule has 0 saturated carbocycles. The maximum absolute atomic E-state index is 4.26. The molecule has 74 valence electrons. The van der Waals surface area contributed by atoms with Crippen molar-refractivity contribution in [2.45, 2.75) is 13.8 Å². The molecule has 0 fully saturated rings. The minimum absolute atomic E-state index is 0.888. The van der Waals surface area contributed by atoms with E-state index in [9.17, 15) is 0 Å². The molecule has 0 aromatic rings. The monoisotopic (exact) mass is 189 g/mol. The minimum Gasteiger partial charge on any atom is -0.286 e. The third kappa shape index (κ3) is 2.05. The quantitative estimate of drug-likeness (QED) is 0.447. The van der Waals surface area contributed by atoms with Crippen LogP contribution in [-0.4, -0.2) is 31.7 Å². The molecule has 3 heteroatoms. The summed E-state index contributed by atoms with van der Waals surface area (Å²) >= 11 is 0. The third-order valence-corrected chi connectivity index (χ3v) is 2.04. The zero-order chi connectivity index (χ0) is 10.6. The maximum atomic E-state index is 4.26. The second-order valence-corrected chi connectivity index (χ2v) is 2.96. The molecule has 3 nitrogen and oxygen atoms in total. The Morgan fingerprint density at radius 2 is 1.64 bits per heavy atom. The predicted molar refractivity (Wildman–Crippen MR) is 62.7 cm³/mol. The van der Waals surface area contributed by atoms with E-state index in [-0.39, 0.29) is 0 Å². The van der Waals surface area contributed by atoms with Gasteiger partial charge < -0.3 is 0 Å². The molecule has 0 unspecified atom stereocenters. The van der Waals surface area contributed by atoms with Crippen molar-refractivity contribution in [2.75, 3.05) is 14.1 Å². The molecule has 0 saturated heterocycles. The van der Waals surface area contributed by atoms with Crippen molar-refractivity contribution in [3.8, 4) is 0 Å². The first-order chi connectivity index (χ1) is 6.72. The Morgan fingerprint density at radius 1 is 1.07 bits per heavy atom. The number of hydrogen-bond donors (Lipinski definition) is 0. The fraction of sp³-hybridized carbons (Fsp3) is 0.364. The summed E-state index contributed by atoms with van der Waals surface area (Å²) in [4.78, 5) is 12.6. The Labute approximate surface area is 84.7 Å². The molecule has 1 aliphatic carbocycles. The highest BCUT2D eigenvalue weighted by Crippen LogP contribution is 2.16. The fourth-order valence-electron chi connectivity index (χ4n) is 1.31. The van der Waals surface area contributed by atoms with Crippen LogP contribution < -0.4 is 0 Å². The molecule has 0 aliphatic heterocycles. The van der Waals surface area contributed by atoms with Crippen molar-refractivity contribution in [3.05, 3.63) is 23.4 Å². The zero-order valence-corrected chi connectivity index (χ0v) is 9.07. The fourth-order valence-corrected chi connectivity index (χ4v) is 1.31. The van der Waals surface area contributed by atoms with Crippen LogP contribution in [0.3, 0.4) is 0 Å². The zero-order valence-electron chi connectivity index (χ0n) is 9.07. The van der Waals surface area contributed by atoms with Crippen LogP contribution in [0.1, 0.15) is 13.8 Å². The van der Waals surface area contributed by atoms with E-state index in [2.05, 4.69) is 15.0 Å². The van der Waals surface area contributed by atoms with Gasteiger partial charge in [0.2, 0.25) is 0 Å². The van der Waals surface area contributed by atoms with Crippen LogP contribution >= 0.6 is 0 Å². The standard InChI is InChI=1S/C11H15N3/c1-5-14-9-7-11(13-4)10(12-3)6-8(9)2/h5-7H,1-4H3/b12-10-,13-11-,14-5-. The lowest BCUT2D eigenvalue weighted by Gasteiger charge is -2.11. The molecule has 0 aromatic carbocycles. The first-order valence-electron chi connectivity index (χ1n) is 4.56. The summed E-state index contributed by atoms with van der Waals surface area (Å²) in [5, 5.41) is 0. The lowest BCUT2D eigenvalue weighted by Crippen LogP contribution is -2.14. The molecule has 0 aromatic heterocycles. The number of aliphatic imine (C=N–C) groups is 3. The van der Waals surface area contributed by atoms with E-state index < -0.39 is 0 Å². The molecule has 14 heavy (non-hydrogen) atoms. The van der Waals surface area contributed by atoms with Gasteiger partial charge in [-0.2, -0.15) is 0 Å². The average Bonchev–Trinajstić information content (AvgIpc) is 2.20. The molecule has 0 bridgehead atoms. The Morgan fingerprint density at radius 3 is 2.14 bits per heavy atom. The van der Waals surface area contributed by atoms with Gasteiger partial charge in [0, 0.05) is 20.3 Å². The van der Waals surface area contributed by atoms with Crippen molar-refractivity contribution in [1.29, 1.82) is 0 Å². The van der Waals surface area contributed by atoms with Crippen molar-refractivity contribution < 1.29 is 0 Å². The van der Waals surface area contributed by atoms with Crippen molar-refractivity contribution >= 4 is 17.6 Å². The number of nitrogens with zero attached hydrogens (tertiary/aromatic N) is 3. The van der Waals surface area contributed by atoms with Crippen LogP contribution in [0.2, 0.25) is 0 Å². The number of rotatable bonds is 1. The summed E-state index contributed by atoms with van der Waals surface area (Å²) in [6, 6.07) is 0. The topological polar surface area (TPSA) is 37.1 Å². The third-order valence-electron chi connectivity index (χ3n) is 2.04. The minimum atomic E-state index is 0.888. The van der Waals surface area contributed by atoms with Crippen LogP contribution in [0.15, 0.2) is 38.4 Å². The van der Waals surface area contributed by atoms with E-state index in [1.807, 2.05) is 26.0 Å². The van der Waals surface area contributed by atoms with Gasteiger partial charge >= 0.3 is 0 Å². The summed E-state index contributed by atoms with van der Waals surface area (Å²) in [6.07, 6.45) is 5.74. The Bertz CT molecular complexity index is 368. The molecule has 1 rings (SSSR count). The van der Waals surface area contributed by atoms with Gasteiger partial charge in [0.1, 0.15) is 0 Å². The normalized spacial score (nSPS) is 23.1. The first-order valence-corrected chi connectivity index (χ1v) is 4.56. The predicted octanol–water partition coefficient (Wildman–Crippen LogP) is 2.06. The second-order valence-electron chi connectivity index (χ2n) is 2.96. The second kappa shape index (κ2) is 4.65. The van der Waals surface area contributed by atoms with Crippen LogP contribution in [0.5, 0.6) is 0 Å². The summed E-state index contributed by atoms with van der Waals surface area (Å²) in [7, 11) is 3.53. The van der Waals surface area contributed by atoms with Gasteiger partial charge in [0.05, 0.1) is 17.1 Å². The van der Waals surface area contributed by atoms with E-state index in [0.29, 0.717) is 0 Å². The van der Waals surface area contributed by atoms with Gasteiger partial charge in [-0.05, 0) is 31.6 Å². The van der Waals surface area contributed by atoms with E-state index in [4.69, 9.17) is 0 Å². The van der Waals surface area contributed by atoms with Gasteiger partial charge in [-0.1, -0.05) is 0 Å². The maximum Gasteiger partial charge on any atom is 0.0844 e. The molecular weight excluding hydrogens is 174 g/mol. The van der Waals surface area contributed by atoms with Crippen molar-refractivity contribution in [1.82, 2.24) is 0 Å². The van der Waals surface area contributed by atoms with E-state index in [0.717, 1.165) is 22.7 Å². The van der Waals surface area contributed by atoms with E-state index in [1.54, 1.807) is 20.3 Å². The SMILES string of the molecule is C/C=N\C1=CC(=N/C)/C(=N\C)C=C1C. The lowest BCUT2D eigenvalue weighted by atomic mass is 10.0. The molecular formula is C11H15N3. The summed E-state index contributed by atoms with van der Waals surface area (Å²) in [5.74, 6) is 0. The van der Waals surface area contributed by atoms with Crippen LogP contribution in [0.25, 0.3) is 0 Å². The largest absolute Gasteiger partial charge is 0.286 e. The highest BCUT2D eigenvalue weighted by molar-refractivity contribution is 6.51. The molecule has 0 radical (unpaired) electrons. The molecule has 0 N–H and O–H groups in total. The molecule has 0 atom stereocenters. The summed E-state index contributed by atoms with van der Waals surface area (Å²) in [5.41, 5.74) is 3.88. The van der Waals surface area contributed by atoms with Crippen LogP contribution in [0, 0.1) is 0 Å². The van der Waals surface area contributed by atoms with E-state index >= 15 is 0 Å². The van der Waals surface area contributed by atoms with Crippen molar-refractivity contribution in [3.63, 3.8) is 0 Å². The number of hydrogen-bond acceptors (Lipinski definition) is 3. The van der Waals surface area contributed by atoms with Gasteiger partial charge in [-0.15, -0.1) is 0 Å². The smallest absolute Gasteiger partial charge is 0.0844 e. The summed E-state index contributed by atoms with van der Waals surface area (Å²) in [6.45, 7) is 3.93.